The number of nitrogens with zero attached hydrogens (tertiary/aromatic N) is 1. The van der Waals surface area contributed by atoms with Crippen molar-refractivity contribution in [2.24, 2.45) is 17.6 Å². The van der Waals surface area contributed by atoms with Crippen molar-refractivity contribution in [3.05, 3.63) is 18.0 Å². The fourth-order valence-electron chi connectivity index (χ4n) is 1.69. The summed E-state index contributed by atoms with van der Waals surface area (Å²) in [6.45, 7) is 4.90. The zero-order valence-corrected chi connectivity index (χ0v) is 11.6. The highest BCUT2D eigenvalue weighted by molar-refractivity contribution is 5.85. The highest BCUT2D eigenvalue weighted by atomic mass is 35.5. The Morgan fingerprint density at radius 3 is 2.78 bits per heavy atom. The van der Waals surface area contributed by atoms with Crippen LogP contribution >= 0.6 is 12.4 Å². The van der Waals surface area contributed by atoms with Crippen LogP contribution in [0.5, 0.6) is 0 Å². The van der Waals surface area contributed by atoms with Gasteiger partial charge in [-0.1, -0.05) is 19.0 Å². The average molecular weight is 277 g/mol. The third-order valence-electron chi connectivity index (χ3n) is 2.47. The molecule has 104 valence electrons. The van der Waals surface area contributed by atoms with Crippen LogP contribution in [0.1, 0.15) is 32.4 Å². The maximum atomic E-state index is 11.6. The molecule has 1 heterocycles. The summed E-state index contributed by atoms with van der Waals surface area (Å²) in [6.07, 6.45) is 2.76. The molecule has 0 aliphatic rings. The summed E-state index contributed by atoms with van der Waals surface area (Å²) in [5.41, 5.74) is 6.24. The molecule has 0 fully saturated rings. The molecule has 1 aromatic rings. The SMILES string of the molecule is CC(C)C[C@H](CN)CC(=O)OCc1ccon1.Cl. The number of esters is 1. The molecule has 0 amide bonds. The molecule has 0 aliphatic carbocycles. The number of rotatable bonds is 7. The van der Waals surface area contributed by atoms with E-state index in [1.54, 1.807) is 6.07 Å². The molecule has 5 nitrogen and oxygen atoms in total. The number of carbonyl (C=O) groups is 1. The monoisotopic (exact) mass is 276 g/mol. The van der Waals surface area contributed by atoms with Crippen LogP contribution in [0.3, 0.4) is 0 Å². The molecule has 0 spiro atoms. The minimum Gasteiger partial charge on any atom is -0.459 e. The van der Waals surface area contributed by atoms with Crippen molar-refractivity contribution in [1.82, 2.24) is 5.16 Å². The van der Waals surface area contributed by atoms with Crippen LogP contribution < -0.4 is 5.73 Å². The first-order valence-electron chi connectivity index (χ1n) is 5.86. The maximum absolute atomic E-state index is 11.6. The first-order valence-corrected chi connectivity index (χ1v) is 5.86. The van der Waals surface area contributed by atoms with Gasteiger partial charge in [0.1, 0.15) is 18.6 Å². The van der Waals surface area contributed by atoms with Crippen molar-refractivity contribution in [2.45, 2.75) is 33.3 Å². The number of hydrogen-bond donors (Lipinski definition) is 1. The van der Waals surface area contributed by atoms with Crippen molar-refractivity contribution in [3.8, 4) is 0 Å². The predicted octanol–water partition coefficient (Wildman–Crippen LogP) is 2.15. The van der Waals surface area contributed by atoms with Crippen molar-refractivity contribution in [2.75, 3.05) is 6.54 Å². The lowest BCUT2D eigenvalue weighted by Gasteiger charge is -2.15. The van der Waals surface area contributed by atoms with Crippen molar-refractivity contribution >= 4 is 18.4 Å². The van der Waals surface area contributed by atoms with Crippen molar-refractivity contribution in [1.29, 1.82) is 0 Å². The molecule has 1 aromatic heterocycles. The predicted molar refractivity (Wildman–Crippen MR) is 70.2 cm³/mol. The Kier molecular flexibility index (Phi) is 8.41. The van der Waals surface area contributed by atoms with Crippen molar-refractivity contribution in [3.63, 3.8) is 0 Å². The molecule has 0 bridgehead atoms. The summed E-state index contributed by atoms with van der Waals surface area (Å²) >= 11 is 0. The van der Waals surface area contributed by atoms with E-state index in [-0.39, 0.29) is 30.9 Å². The Labute approximate surface area is 113 Å². The third kappa shape index (κ3) is 6.61. The molecule has 0 unspecified atom stereocenters. The van der Waals surface area contributed by atoms with E-state index in [2.05, 4.69) is 23.5 Å². The standard InChI is InChI=1S/C12H20N2O3.ClH/c1-9(2)5-10(7-13)6-12(15)16-8-11-3-4-17-14-11;/h3-4,9-10H,5-8,13H2,1-2H3;1H/t10-;/m0./s1. The quantitative estimate of drug-likeness (QED) is 0.772. The van der Waals surface area contributed by atoms with Gasteiger partial charge in [0, 0.05) is 12.5 Å². The van der Waals surface area contributed by atoms with Gasteiger partial charge in [-0.15, -0.1) is 12.4 Å². The van der Waals surface area contributed by atoms with E-state index in [1.165, 1.54) is 6.26 Å². The second kappa shape index (κ2) is 8.94. The number of nitrogens with two attached hydrogens (primary N) is 1. The van der Waals surface area contributed by atoms with E-state index in [0.717, 1.165) is 6.42 Å². The van der Waals surface area contributed by atoms with E-state index < -0.39 is 0 Å². The van der Waals surface area contributed by atoms with Gasteiger partial charge in [-0.2, -0.15) is 0 Å². The van der Waals surface area contributed by atoms with Crippen LogP contribution in [-0.4, -0.2) is 17.7 Å². The molecule has 1 rings (SSSR count). The largest absolute Gasteiger partial charge is 0.459 e. The number of hydrogen-bond acceptors (Lipinski definition) is 5. The molecule has 0 saturated heterocycles. The van der Waals surface area contributed by atoms with Gasteiger partial charge in [0.25, 0.3) is 0 Å². The second-order valence-corrected chi connectivity index (χ2v) is 4.59. The molecule has 0 saturated carbocycles. The van der Waals surface area contributed by atoms with Gasteiger partial charge < -0.3 is 15.0 Å². The molecule has 6 heteroatoms. The van der Waals surface area contributed by atoms with Gasteiger partial charge in [-0.3, -0.25) is 4.79 Å². The Morgan fingerprint density at radius 2 is 2.28 bits per heavy atom. The fraction of sp³-hybridized carbons (Fsp3) is 0.667. The summed E-state index contributed by atoms with van der Waals surface area (Å²) in [5.74, 6) is 0.496. The zero-order valence-electron chi connectivity index (χ0n) is 10.8. The molecular weight excluding hydrogens is 256 g/mol. The number of ether oxygens (including phenoxy) is 1. The Hall–Kier alpha value is -1.07. The Bertz CT molecular complexity index is 328. The number of carbonyl (C=O) groups excluding carboxylic acids is 1. The van der Waals surface area contributed by atoms with Crippen LogP contribution in [0.2, 0.25) is 0 Å². The fourth-order valence-corrected chi connectivity index (χ4v) is 1.69. The Balaban J connectivity index is 0.00000289. The lowest BCUT2D eigenvalue weighted by Crippen LogP contribution is -2.21. The second-order valence-electron chi connectivity index (χ2n) is 4.59. The zero-order chi connectivity index (χ0) is 12.7. The highest BCUT2D eigenvalue weighted by Crippen LogP contribution is 2.15. The van der Waals surface area contributed by atoms with E-state index in [1.807, 2.05) is 0 Å². The molecule has 1 atom stereocenters. The summed E-state index contributed by atoms with van der Waals surface area (Å²) in [6, 6.07) is 1.67. The lowest BCUT2D eigenvalue weighted by molar-refractivity contribution is -0.146. The van der Waals surface area contributed by atoms with Crippen LogP contribution in [-0.2, 0) is 16.1 Å². The van der Waals surface area contributed by atoms with E-state index in [4.69, 9.17) is 10.5 Å². The highest BCUT2D eigenvalue weighted by Gasteiger charge is 2.15. The van der Waals surface area contributed by atoms with Gasteiger partial charge in [0.05, 0.1) is 0 Å². The minimum absolute atomic E-state index is 0. The summed E-state index contributed by atoms with van der Waals surface area (Å²) in [5, 5.41) is 3.66. The van der Waals surface area contributed by atoms with Crippen LogP contribution in [0, 0.1) is 11.8 Å². The van der Waals surface area contributed by atoms with Crippen molar-refractivity contribution < 1.29 is 14.1 Å². The summed E-state index contributed by atoms with van der Waals surface area (Å²) in [4.78, 5) is 11.6. The first-order chi connectivity index (χ1) is 8.11. The average Bonchev–Trinajstić information content (AvgIpc) is 2.77. The van der Waals surface area contributed by atoms with Gasteiger partial charge in [-0.05, 0) is 24.8 Å². The molecule has 0 aliphatic heterocycles. The van der Waals surface area contributed by atoms with E-state index >= 15 is 0 Å². The summed E-state index contributed by atoms with van der Waals surface area (Å²) in [7, 11) is 0. The van der Waals surface area contributed by atoms with E-state index in [0.29, 0.717) is 24.6 Å². The van der Waals surface area contributed by atoms with Crippen LogP contribution in [0.4, 0.5) is 0 Å². The molecule has 2 N–H and O–H groups in total. The smallest absolute Gasteiger partial charge is 0.306 e. The van der Waals surface area contributed by atoms with Gasteiger partial charge in [0.15, 0.2) is 0 Å². The summed E-state index contributed by atoms with van der Waals surface area (Å²) < 4.78 is 9.72. The third-order valence-corrected chi connectivity index (χ3v) is 2.47. The first kappa shape index (κ1) is 16.9. The minimum atomic E-state index is -0.232. The van der Waals surface area contributed by atoms with Gasteiger partial charge >= 0.3 is 5.97 Å². The van der Waals surface area contributed by atoms with Crippen LogP contribution in [0.15, 0.2) is 16.9 Å². The normalized spacial score (nSPS) is 12.0. The molecular formula is C12H21ClN2O3. The number of aromatic nitrogens is 1. The molecule has 0 aromatic carbocycles. The molecule has 18 heavy (non-hydrogen) atoms. The van der Waals surface area contributed by atoms with Gasteiger partial charge in [0.2, 0.25) is 0 Å². The van der Waals surface area contributed by atoms with E-state index in [9.17, 15) is 4.79 Å². The maximum Gasteiger partial charge on any atom is 0.306 e. The lowest BCUT2D eigenvalue weighted by atomic mass is 9.94. The number of halogens is 1. The van der Waals surface area contributed by atoms with Gasteiger partial charge in [-0.25, -0.2) is 0 Å². The molecule has 0 radical (unpaired) electrons. The topological polar surface area (TPSA) is 78.4 Å². The van der Waals surface area contributed by atoms with Crippen LogP contribution in [0.25, 0.3) is 0 Å². The Morgan fingerprint density at radius 1 is 1.56 bits per heavy atom.